The third kappa shape index (κ3) is 3.63. The summed E-state index contributed by atoms with van der Waals surface area (Å²) < 4.78 is 22.1. The highest BCUT2D eigenvalue weighted by molar-refractivity contribution is 7.99. The number of halogens is 1. The van der Waals surface area contributed by atoms with Crippen LogP contribution in [0.2, 0.25) is 0 Å². The van der Waals surface area contributed by atoms with Gasteiger partial charge in [0.05, 0.1) is 30.1 Å². The van der Waals surface area contributed by atoms with E-state index in [0.717, 1.165) is 0 Å². The first-order valence-corrected chi connectivity index (χ1v) is 11.2. The van der Waals surface area contributed by atoms with Crippen LogP contribution in [0.5, 0.6) is 0 Å². The first-order valence-electron chi connectivity index (χ1n) is 10.2. The maximum atomic E-state index is 13.3. The highest BCUT2D eigenvalue weighted by atomic mass is 32.2. The van der Waals surface area contributed by atoms with Crippen molar-refractivity contribution in [2.75, 3.05) is 18.8 Å². The van der Waals surface area contributed by atoms with Crippen molar-refractivity contribution in [3.8, 4) is 5.69 Å². The van der Waals surface area contributed by atoms with Crippen molar-refractivity contribution in [2.45, 2.75) is 43.7 Å². The predicted molar refractivity (Wildman–Crippen MR) is 114 cm³/mol. The van der Waals surface area contributed by atoms with Gasteiger partial charge in [-0.3, -0.25) is 14.2 Å². The summed E-state index contributed by atoms with van der Waals surface area (Å²) in [5, 5.41) is 5.24. The van der Waals surface area contributed by atoms with Crippen molar-refractivity contribution in [3.05, 3.63) is 46.6 Å². The number of ether oxygens (including phenoxy) is 1. The second-order valence-corrected chi connectivity index (χ2v) is 9.05. The Balaban J connectivity index is 1.45. The molecule has 4 heterocycles. The number of hydrogen-bond acceptors (Lipinski definition) is 6. The van der Waals surface area contributed by atoms with Crippen molar-refractivity contribution < 1.29 is 13.9 Å². The van der Waals surface area contributed by atoms with E-state index in [2.05, 4.69) is 10.1 Å². The molecule has 2 aromatic heterocycles. The number of fused-ring (bicyclic) bond motifs is 2. The number of benzene rings is 1. The van der Waals surface area contributed by atoms with E-state index in [9.17, 15) is 14.0 Å². The molecule has 162 valence electrons. The van der Waals surface area contributed by atoms with Crippen molar-refractivity contribution >= 4 is 28.7 Å². The molecule has 0 aliphatic carbocycles. The average molecular weight is 444 g/mol. The molecule has 31 heavy (non-hydrogen) atoms. The minimum Gasteiger partial charge on any atom is -0.372 e. The zero-order valence-electron chi connectivity index (χ0n) is 17.2. The first-order chi connectivity index (χ1) is 14.9. The second kappa shape index (κ2) is 7.76. The van der Waals surface area contributed by atoms with Crippen LogP contribution >= 0.6 is 11.8 Å². The molecule has 1 amide bonds. The third-order valence-electron chi connectivity index (χ3n) is 5.62. The largest absolute Gasteiger partial charge is 0.372 e. The molecule has 0 spiro atoms. The fourth-order valence-corrected chi connectivity index (χ4v) is 5.39. The third-order valence-corrected chi connectivity index (χ3v) is 6.72. The van der Waals surface area contributed by atoms with E-state index in [4.69, 9.17) is 4.74 Å². The maximum absolute atomic E-state index is 13.3. The number of thioether (sulfide) groups is 1. The molecule has 1 fully saturated rings. The molecule has 10 heteroatoms. The Labute approximate surface area is 182 Å². The molecular formula is C21H22FN5O3S. The standard InChI is InChI=1S/C21H22FN5O3S/c1-12-9-25(10-13(2)30-12)18(28)7-16-11-31-21-24-19-17(20(29)26(16)21)8-23-27(19)15-5-3-14(22)4-6-15/h3-6,8,12-13,16H,7,9-11H2,1-2H3/t12-,13-,16+/m1/s1. The Kier molecular flexibility index (Phi) is 5.05. The Morgan fingerprint density at radius 2 is 1.94 bits per heavy atom. The number of carbonyl (C=O) groups excluding carboxylic acids is 1. The van der Waals surface area contributed by atoms with Crippen LogP contribution in [-0.2, 0) is 9.53 Å². The molecule has 0 saturated carbocycles. The number of amides is 1. The van der Waals surface area contributed by atoms with Gasteiger partial charge < -0.3 is 9.64 Å². The van der Waals surface area contributed by atoms with Gasteiger partial charge in [0, 0.05) is 25.3 Å². The van der Waals surface area contributed by atoms with Gasteiger partial charge in [0.25, 0.3) is 5.56 Å². The summed E-state index contributed by atoms with van der Waals surface area (Å²) in [7, 11) is 0. The second-order valence-electron chi connectivity index (χ2n) is 8.06. The fraction of sp³-hybridized carbons (Fsp3) is 0.429. The summed E-state index contributed by atoms with van der Waals surface area (Å²) in [6.07, 6.45) is 1.73. The van der Waals surface area contributed by atoms with Crippen LogP contribution < -0.4 is 5.56 Å². The molecule has 8 nitrogen and oxygen atoms in total. The molecule has 5 rings (SSSR count). The molecule has 0 bridgehead atoms. The topological polar surface area (TPSA) is 82.3 Å². The lowest BCUT2D eigenvalue weighted by Crippen LogP contribution is -2.48. The van der Waals surface area contributed by atoms with E-state index in [1.807, 2.05) is 18.7 Å². The number of rotatable bonds is 3. The maximum Gasteiger partial charge on any atom is 0.265 e. The van der Waals surface area contributed by atoms with E-state index >= 15 is 0 Å². The van der Waals surface area contributed by atoms with Crippen molar-refractivity contribution in [3.63, 3.8) is 0 Å². The number of carbonyl (C=O) groups is 1. The normalized spacial score (nSPS) is 23.3. The van der Waals surface area contributed by atoms with E-state index < -0.39 is 0 Å². The Morgan fingerprint density at radius 1 is 1.23 bits per heavy atom. The summed E-state index contributed by atoms with van der Waals surface area (Å²) in [6, 6.07) is 5.61. The average Bonchev–Trinajstić information content (AvgIpc) is 3.33. The van der Waals surface area contributed by atoms with Crippen LogP contribution in [-0.4, -0.2) is 61.2 Å². The monoisotopic (exact) mass is 443 g/mol. The highest BCUT2D eigenvalue weighted by Crippen LogP contribution is 2.34. The van der Waals surface area contributed by atoms with E-state index in [1.54, 1.807) is 16.7 Å². The van der Waals surface area contributed by atoms with E-state index in [-0.39, 0.29) is 42.0 Å². The number of morpholine rings is 1. The number of hydrogen-bond donors (Lipinski definition) is 0. The number of aromatic nitrogens is 4. The predicted octanol–water partition coefficient (Wildman–Crippen LogP) is 2.39. The SMILES string of the molecule is C[C@@H]1CN(C(=O)C[C@H]2CSc3nc4c(cnn4-c4ccc(F)cc4)c(=O)n32)C[C@@H](C)O1. The Bertz CT molecular complexity index is 1200. The fourth-order valence-electron chi connectivity index (χ4n) is 4.26. The van der Waals surface area contributed by atoms with Crippen LogP contribution in [0.4, 0.5) is 4.39 Å². The molecular weight excluding hydrogens is 421 g/mol. The first kappa shape index (κ1) is 20.2. The summed E-state index contributed by atoms with van der Waals surface area (Å²) in [4.78, 5) is 32.6. The molecule has 2 aliphatic heterocycles. The van der Waals surface area contributed by atoms with Gasteiger partial charge in [-0.2, -0.15) is 5.10 Å². The summed E-state index contributed by atoms with van der Waals surface area (Å²) in [5.41, 5.74) is 0.844. The van der Waals surface area contributed by atoms with Gasteiger partial charge in [0.1, 0.15) is 11.2 Å². The zero-order valence-corrected chi connectivity index (χ0v) is 18.0. The minimum absolute atomic E-state index is 0.000691. The molecule has 3 atom stereocenters. The quantitative estimate of drug-likeness (QED) is 0.578. The van der Waals surface area contributed by atoms with Gasteiger partial charge in [0.15, 0.2) is 10.8 Å². The molecule has 0 N–H and O–H groups in total. The van der Waals surface area contributed by atoms with E-state index in [0.29, 0.717) is 40.7 Å². The van der Waals surface area contributed by atoms with Crippen molar-refractivity contribution in [2.24, 2.45) is 0 Å². The van der Waals surface area contributed by atoms with Crippen LogP contribution in [0, 0.1) is 5.82 Å². The lowest BCUT2D eigenvalue weighted by Gasteiger charge is -2.35. The zero-order chi connectivity index (χ0) is 21.7. The van der Waals surface area contributed by atoms with Crippen molar-refractivity contribution in [1.82, 2.24) is 24.2 Å². The van der Waals surface area contributed by atoms with Crippen LogP contribution in [0.15, 0.2) is 40.4 Å². The summed E-state index contributed by atoms with van der Waals surface area (Å²) >= 11 is 1.46. The molecule has 2 aliphatic rings. The van der Waals surface area contributed by atoms with Crippen LogP contribution in [0.25, 0.3) is 16.7 Å². The highest BCUT2D eigenvalue weighted by Gasteiger charge is 2.33. The minimum atomic E-state index is -0.346. The van der Waals surface area contributed by atoms with Gasteiger partial charge in [0.2, 0.25) is 5.91 Å². The molecule has 3 aromatic rings. The summed E-state index contributed by atoms with van der Waals surface area (Å²) in [6.45, 7) is 5.04. The number of nitrogens with zero attached hydrogens (tertiary/aromatic N) is 5. The lowest BCUT2D eigenvalue weighted by molar-refractivity contribution is -0.143. The van der Waals surface area contributed by atoms with Gasteiger partial charge in [-0.1, -0.05) is 11.8 Å². The summed E-state index contributed by atoms with van der Waals surface area (Å²) in [5.74, 6) is 0.288. The molecule has 1 aromatic carbocycles. The van der Waals surface area contributed by atoms with Gasteiger partial charge >= 0.3 is 0 Å². The lowest BCUT2D eigenvalue weighted by atomic mass is 10.1. The molecule has 0 radical (unpaired) electrons. The van der Waals surface area contributed by atoms with Crippen LogP contribution in [0.1, 0.15) is 26.3 Å². The van der Waals surface area contributed by atoms with Gasteiger partial charge in [-0.15, -0.1) is 0 Å². The molecule has 1 saturated heterocycles. The Morgan fingerprint density at radius 3 is 2.65 bits per heavy atom. The Hall–Kier alpha value is -2.72. The molecule has 0 unspecified atom stereocenters. The smallest absolute Gasteiger partial charge is 0.265 e. The van der Waals surface area contributed by atoms with Crippen molar-refractivity contribution in [1.29, 1.82) is 0 Å². The van der Waals surface area contributed by atoms with Gasteiger partial charge in [-0.25, -0.2) is 14.1 Å². The van der Waals surface area contributed by atoms with E-state index in [1.165, 1.54) is 34.8 Å². The van der Waals surface area contributed by atoms with Gasteiger partial charge in [-0.05, 0) is 38.1 Å². The van der Waals surface area contributed by atoms with Crippen LogP contribution in [0.3, 0.4) is 0 Å².